The van der Waals surface area contributed by atoms with Crippen molar-refractivity contribution in [3.8, 4) is 11.6 Å². The van der Waals surface area contributed by atoms with Gasteiger partial charge in [0.25, 0.3) is 5.88 Å². The Balaban J connectivity index is 1.70. The molecule has 1 amide bonds. The highest BCUT2D eigenvalue weighted by Crippen LogP contribution is 2.26. The first kappa shape index (κ1) is 22.7. The van der Waals surface area contributed by atoms with Crippen molar-refractivity contribution in [2.45, 2.75) is 13.1 Å². The summed E-state index contributed by atoms with van der Waals surface area (Å²) < 4.78 is 26.2. The van der Waals surface area contributed by atoms with Crippen LogP contribution in [0.4, 0.5) is 16.0 Å². The molecule has 0 aliphatic rings. The number of hydrogen-bond donors (Lipinski definition) is 2. The average molecular weight is 487 g/mol. The van der Waals surface area contributed by atoms with E-state index < -0.39 is 29.6 Å². The summed E-state index contributed by atoms with van der Waals surface area (Å²) in [6.07, 6.45) is 1.27. The van der Waals surface area contributed by atoms with Gasteiger partial charge in [0.05, 0.1) is 6.54 Å². The number of hydrogen-bond acceptors (Lipinski definition) is 8. The van der Waals surface area contributed by atoms with Crippen LogP contribution in [0.25, 0.3) is 0 Å². The zero-order valence-corrected chi connectivity index (χ0v) is 18.0. The van der Waals surface area contributed by atoms with Crippen molar-refractivity contribution in [1.29, 1.82) is 0 Å². The number of primary amides is 1. The van der Waals surface area contributed by atoms with Gasteiger partial charge in [-0.15, -0.1) is 0 Å². The molecule has 11 nitrogen and oxygen atoms in total. The third-order valence-electron chi connectivity index (χ3n) is 4.53. The number of anilines is 2. The maximum absolute atomic E-state index is 14.6. The molecular formula is C21H16ClFN6O5. The molecule has 0 spiro atoms. The number of ether oxygens (including phenoxy) is 1. The fourth-order valence-corrected chi connectivity index (χ4v) is 3.11. The summed E-state index contributed by atoms with van der Waals surface area (Å²) in [6, 6.07) is 11.9. The molecule has 0 saturated heterocycles. The molecule has 13 heteroatoms. The fraction of sp³-hybridized carbons (Fsp3) is 0.0952. The van der Waals surface area contributed by atoms with Crippen LogP contribution in [0.15, 0.2) is 68.9 Å². The highest BCUT2D eigenvalue weighted by Gasteiger charge is 2.16. The monoisotopic (exact) mass is 486 g/mol. The van der Waals surface area contributed by atoms with Crippen LogP contribution in [0.1, 0.15) is 5.56 Å². The molecule has 0 unspecified atom stereocenters. The second-order valence-electron chi connectivity index (χ2n) is 6.98. The molecule has 174 valence electrons. The second-order valence-corrected chi connectivity index (χ2v) is 7.41. The van der Waals surface area contributed by atoms with E-state index in [0.717, 1.165) is 10.6 Å². The van der Waals surface area contributed by atoms with Crippen LogP contribution in [-0.4, -0.2) is 25.2 Å². The molecule has 0 atom stereocenters. The molecule has 2 aromatic heterocycles. The van der Waals surface area contributed by atoms with E-state index in [1.165, 1.54) is 24.5 Å². The van der Waals surface area contributed by atoms with Crippen molar-refractivity contribution in [3.05, 3.63) is 92.2 Å². The lowest BCUT2D eigenvalue weighted by Gasteiger charge is -2.15. The first-order valence-corrected chi connectivity index (χ1v) is 10.1. The van der Waals surface area contributed by atoms with E-state index in [-0.39, 0.29) is 29.8 Å². The number of nitrogens with one attached hydrogen (secondary N) is 1. The number of carbonyl (C=O) groups is 1. The average Bonchev–Trinajstić information content (AvgIpc) is 3.30. The van der Waals surface area contributed by atoms with Gasteiger partial charge in [-0.2, -0.15) is 4.98 Å². The number of nitrogens with two attached hydrogens (primary N) is 1. The zero-order chi connectivity index (χ0) is 24.2. The van der Waals surface area contributed by atoms with Crippen molar-refractivity contribution >= 4 is 29.1 Å². The van der Waals surface area contributed by atoms with Gasteiger partial charge in [-0.05, 0) is 35.0 Å². The van der Waals surface area contributed by atoms with Crippen molar-refractivity contribution in [2.24, 2.45) is 5.73 Å². The molecule has 0 aliphatic carbocycles. The van der Waals surface area contributed by atoms with Crippen LogP contribution < -0.4 is 27.2 Å². The minimum Gasteiger partial charge on any atom is -0.433 e. The lowest BCUT2D eigenvalue weighted by Crippen LogP contribution is -2.45. The molecule has 4 aromatic rings. The Morgan fingerprint density at radius 1 is 1.15 bits per heavy atom. The maximum atomic E-state index is 14.6. The molecule has 0 fully saturated rings. The Kier molecular flexibility index (Phi) is 6.41. The lowest BCUT2D eigenvalue weighted by molar-refractivity contribution is -0.118. The number of amides is 1. The largest absolute Gasteiger partial charge is 0.433 e. The molecule has 4 rings (SSSR count). The van der Waals surface area contributed by atoms with Crippen molar-refractivity contribution in [3.63, 3.8) is 0 Å². The zero-order valence-electron chi connectivity index (χ0n) is 17.3. The molecule has 3 N–H and O–H groups in total. The molecule has 0 bridgehead atoms. The summed E-state index contributed by atoms with van der Waals surface area (Å²) in [6.45, 7) is -0.672. The first-order valence-electron chi connectivity index (χ1n) is 9.69. The molecule has 2 aromatic carbocycles. The topological polar surface area (TPSA) is 147 Å². The fourth-order valence-electron chi connectivity index (χ4n) is 2.99. The summed E-state index contributed by atoms with van der Waals surface area (Å²) in [5.41, 5.74) is 4.16. The molecule has 0 radical (unpaired) electrons. The third-order valence-corrected chi connectivity index (χ3v) is 4.79. The van der Waals surface area contributed by atoms with Gasteiger partial charge in [0.15, 0.2) is 11.6 Å². The molecule has 0 saturated carbocycles. The van der Waals surface area contributed by atoms with Crippen molar-refractivity contribution in [1.82, 2.24) is 19.3 Å². The Hall–Kier alpha value is -4.45. The molecule has 34 heavy (non-hydrogen) atoms. The predicted molar refractivity (Wildman–Crippen MR) is 119 cm³/mol. The standard InChI is InChI=1S/C21H16ClFN6O5/c22-13-3-1-12(2-4-13)10-28-19(26-20(31)29(21(28)32)11-17(24)30)25-14-5-6-16(15(23)9-14)34-18-7-8-33-27-18/h1-9H,10-11H2,(H2,24,30)(H,25,26,31). The summed E-state index contributed by atoms with van der Waals surface area (Å²) in [4.78, 5) is 40.6. The minimum atomic E-state index is -0.995. The van der Waals surface area contributed by atoms with Gasteiger partial charge in [-0.1, -0.05) is 23.7 Å². The van der Waals surface area contributed by atoms with E-state index in [2.05, 4.69) is 20.0 Å². The summed E-state index contributed by atoms with van der Waals surface area (Å²) in [5.74, 6) is -1.86. The Morgan fingerprint density at radius 3 is 2.56 bits per heavy atom. The van der Waals surface area contributed by atoms with Crippen LogP contribution in [0.3, 0.4) is 0 Å². The van der Waals surface area contributed by atoms with E-state index >= 15 is 0 Å². The number of aromatic nitrogens is 4. The van der Waals surface area contributed by atoms with E-state index in [4.69, 9.17) is 22.1 Å². The third kappa shape index (κ3) is 5.13. The summed E-state index contributed by atoms with van der Waals surface area (Å²) in [5, 5.41) is 6.80. The van der Waals surface area contributed by atoms with Gasteiger partial charge in [0.1, 0.15) is 12.8 Å². The van der Waals surface area contributed by atoms with Gasteiger partial charge >= 0.3 is 11.4 Å². The van der Waals surface area contributed by atoms with Crippen LogP contribution in [0.2, 0.25) is 5.02 Å². The smallest absolute Gasteiger partial charge is 0.355 e. The minimum absolute atomic E-state index is 0.0276. The SMILES string of the molecule is NC(=O)Cn1c(=O)nc(Nc2ccc(Oc3ccon3)c(F)c2)n(Cc2ccc(Cl)cc2)c1=O. The lowest BCUT2D eigenvalue weighted by atomic mass is 10.2. The van der Waals surface area contributed by atoms with E-state index in [1.54, 1.807) is 24.3 Å². The highest BCUT2D eigenvalue weighted by molar-refractivity contribution is 6.30. The van der Waals surface area contributed by atoms with Crippen LogP contribution >= 0.6 is 11.6 Å². The van der Waals surface area contributed by atoms with Crippen LogP contribution in [0, 0.1) is 5.82 Å². The number of carbonyl (C=O) groups excluding carboxylic acids is 1. The van der Waals surface area contributed by atoms with Gasteiger partial charge in [0.2, 0.25) is 11.9 Å². The van der Waals surface area contributed by atoms with Gasteiger partial charge < -0.3 is 20.3 Å². The Labute approximate surface area is 195 Å². The molecule has 0 aliphatic heterocycles. The van der Waals surface area contributed by atoms with E-state index in [0.29, 0.717) is 15.2 Å². The number of rotatable bonds is 8. The van der Waals surface area contributed by atoms with E-state index in [9.17, 15) is 18.8 Å². The van der Waals surface area contributed by atoms with Crippen molar-refractivity contribution < 1.29 is 18.4 Å². The molecular weight excluding hydrogens is 471 g/mol. The van der Waals surface area contributed by atoms with Crippen LogP contribution in [0.5, 0.6) is 11.6 Å². The van der Waals surface area contributed by atoms with Crippen LogP contribution in [-0.2, 0) is 17.9 Å². The summed E-state index contributed by atoms with van der Waals surface area (Å²) in [7, 11) is 0. The first-order chi connectivity index (χ1) is 16.3. The Morgan fingerprint density at radius 2 is 1.91 bits per heavy atom. The van der Waals surface area contributed by atoms with Gasteiger partial charge in [0, 0.05) is 22.8 Å². The second kappa shape index (κ2) is 9.58. The van der Waals surface area contributed by atoms with Gasteiger partial charge in [-0.25, -0.2) is 18.5 Å². The summed E-state index contributed by atoms with van der Waals surface area (Å²) >= 11 is 5.92. The maximum Gasteiger partial charge on any atom is 0.355 e. The number of benzene rings is 2. The molecule has 2 heterocycles. The number of halogens is 2. The van der Waals surface area contributed by atoms with Gasteiger partial charge in [-0.3, -0.25) is 9.36 Å². The predicted octanol–water partition coefficient (Wildman–Crippen LogP) is 2.25. The van der Waals surface area contributed by atoms with E-state index in [1.807, 2.05) is 0 Å². The van der Waals surface area contributed by atoms with Crippen molar-refractivity contribution in [2.75, 3.05) is 5.32 Å². The Bertz CT molecular complexity index is 1450. The quantitative estimate of drug-likeness (QED) is 0.385. The highest BCUT2D eigenvalue weighted by atomic mass is 35.5. The number of nitrogens with zero attached hydrogens (tertiary/aromatic N) is 4. The normalized spacial score (nSPS) is 10.8.